The van der Waals surface area contributed by atoms with Crippen LogP contribution in [0.1, 0.15) is 12.0 Å². The van der Waals surface area contributed by atoms with Gasteiger partial charge in [-0.05, 0) is 30.2 Å². The molecule has 0 aliphatic carbocycles. The predicted molar refractivity (Wildman–Crippen MR) is 43.7 cm³/mol. The third-order valence-corrected chi connectivity index (χ3v) is 1.57. The molecule has 0 atom stereocenters. The van der Waals surface area contributed by atoms with Crippen LogP contribution in [0.15, 0.2) is 18.2 Å². The van der Waals surface area contributed by atoms with Gasteiger partial charge in [0.15, 0.2) is 0 Å². The van der Waals surface area contributed by atoms with Crippen molar-refractivity contribution < 1.29 is 10.2 Å². The topological polar surface area (TPSA) is 64.2 Å². The van der Waals surface area contributed by atoms with Gasteiger partial charge in [-0.1, -0.05) is 0 Å². The van der Waals surface area contributed by atoms with Crippen molar-refractivity contribution in [2.24, 2.45) is 0 Å². The molecule has 0 aliphatic heterocycles. The second kappa shape index (κ2) is 3.63. The van der Waals surface area contributed by atoms with Gasteiger partial charge < -0.3 is 10.2 Å². The number of nitriles is 1. The molecule has 3 heteroatoms. The van der Waals surface area contributed by atoms with Gasteiger partial charge in [0, 0.05) is 6.42 Å². The molecule has 1 aromatic rings. The van der Waals surface area contributed by atoms with Gasteiger partial charge in [-0.25, -0.2) is 0 Å². The van der Waals surface area contributed by atoms with Crippen LogP contribution in [0.25, 0.3) is 0 Å². The maximum absolute atomic E-state index is 9.24. The molecular formula is C9H9NO2. The molecule has 2 N–H and O–H groups in total. The lowest BCUT2D eigenvalue weighted by Crippen LogP contribution is -1.84. The maximum Gasteiger partial charge on any atom is 0.119 e. The summed E-state index contributed by atoms with van der Waals surface area (Å²) in [4.78, 5) is 0. The molecule has 1 aromatic carbocycles. The van der Waals surface area contributed by atoms with E-state index in [4.69, 9.17) is 10.4 Å². The number of nitrogens with zero attached hydrogens (tertiary/aromatic N) is 1. The Morgan fingerprint density at radius 3 is 2.75 bits per heavy atom. The fourth-order valence-corrected chi connectivity index (χ4v) is 0.963. The van der Waals surface area contributed by atoms with Gasteiger partial charge in [-0.2, -0.15) is 5.26 Å². The Labute approximate surface area is 70.5 Å². The molecule has 0 saturated heterocycles. The highest BCUT2D eigenvalue weighted by atomic mass is 16.3. The quantitative estimate of drug-likeness (QED) is 0.650. The first kappa shape index (κ1) is 8.41. The van der Waals surface area contributed by atoms with Crippen LogP contribution in [-0.2, 0) is 6.42 Å². The number of phenols is 2. The Hall–Kier alpha value is -1.69. The smallest absolute Gasteiger partial charge is 0.119 e. The first-order chi connectivity index (χ1) is 5.74. The summed E-state index contributed by atoms with van der Waals surface area (Å²) in [7, 11) is 0. The first-order valence-corrected chi connectivity index (χ1v) is 3.62. The van der Waals surface area contributed by atoms with Crippen LogP contribution in [-0.4, -0.2) is 10.2 Å². The summed E-state index contributed by atoms with van der Waals surface area (Å²) >= 11 is 0. The fraction of sp³-hybridized carbons (Fsp3) is 0.222. The predicted octanol–water partition coefficient (Wildman–Crippen LogP) is 1.55. The highest BCUT2D eigenvalue weighted by Gasteiger charge is 2.00. The van der Waals surface area contributed by atoms with Crippen molar-refractivity contribution in [2.75, 3.05) is 0 Å². The molecule has 12 heavy (non-hydrogen) atoms. The number of hydrogen-bond acceptors (Lipinski definition) is 3. The van der Waals surface area contributed by atoms with Crippen molar-refractivity contribution >= 4 is 0 Å². The normalized spacial score (nSPS) is 9.25. The van der Waals surface area contributed by atoms with E-state index in [2.05, 4.69) is 0 Å². The Balaban J connectivity index is 2.84. The second-order valence-corrected chi connectivity index (χ2v) is 2.47. The van der Waals surface area contributed by atoms with E-state index < -0.39 is 0 Å². The molecule has 0 aliphatic rings. The molecule has 0 unspecified atom stereocenters. The molecule has 0 saturated carbocycles. The number of hydrogen-bond donors (Lipinski definition) is 2. The number of phenolic OH excluding ortho intramolecular Hbond substituents is 2. The van der Waals surface area contributed by atoms with Gasteiger partial charge in [0.1, 0.15) is 11.5 Å². The number of aromatic hydroxyl groups is 2. The number of aryl methyl sites for hydroxylation is 1. The Morgan fingerprint density at radius 1 is 1.33 bits per heavy atom. The van der Waals surface area contributed by atoms with E-state index in [-0.39, 0.29) is 11.5 Å². The third-order valence-electron chi connectivity index (χ3n) is 1.57. The highest BCUT2D eigenvalue weighted by Crippen LogP contribution is 2.22. The largest absolute Gasteiger partial charge is 0.508 e. The molecule has 0 heterocycles. The first-order valence-electron chi connectivity index (χ1n) is 3.62. The Morgan fingerprint density at radius 2 is 2.08 bits per heavy atom. The van der Waals surface area contributed by atoms with Crippen molar-refractivity contribution in [2.45, 2.75) is 12.8 Å². The van der Waals surface area contributed by atoms with E-state index in [0.717, 1.165) is 0 Å². The minimum atomic E-state index is 0.112. The summed E-state index contributed by atoms with van der Waals surface area (Å²) in [6.45, 7) is 0. The van der Waals surface area contributed by atoms with E-state index in [1.54, 1.807) is 0 Å². The van der Waals surface area contributed by atoms with Crippen molar-refractivity contribution in [3.8, 4) is 17.6 Å². The highest BCUT2D eigenvalue weighted by molar-refractivity contribution is 5.38. The monoisotopic (exact) mass is 163 g/mol. The minimum Gasteiger partial charge on any atom is -0.508 e. The average molecular weight is 163 g/mol. The van der Waals surface area contributed by atoms with Crippen LogP contribution in [0.3, 0.4) is 0 Å². The summed E-state index contributed by atoms with van der Waals surface area (Å²) < 4.78 is 0. The van der Waals surface area contributed by atoms with Crippen molar-refractivity contribution in [3.63, 3.8) is 0 Å². The summed E-state index contributed by atoms with van der Waals surface area (Å²) in [5.74, 6) is 0.240. The lowest BCUT2D eigenvalue weighted by Gasteiger charge is -2.01. The zero-order chi connectivity index (χ0) is 8.97. The lowest BCUT2D eigenvalue weighted by molar-refractivity contribution is 0.454. The zero-order valence-corrected chi connectivity index (χ0v) is 6.49. The summed E-state index contributed by atoms with van der Waals surface area (Å²) in [5.41, 5.74) is 0.608. The summed E-state index contributed by atoms with van der Waals surface area (Å²) in [5, 5.41) is 26.6. The molecule has 1 rings (SSSR count). The fourth-order valence-electron chi connectivity index (χ4n) is 0.963. The Kier molecular flexibility index (Phi) is 2.54. The van der Waals surface area contributed by atoms with Crippen LogP contribution in [0.5, 0.6) is 11.5 Å². The van der Waals surface area contributed by atoms with Gasteiger partial charge >= 0.3 is 0 Å². The van der Waals surface area contributed by atoms with Crippen LogP contribution in [0, 0.1) is 11.3 Å². The average Bonchev–Trinajstić information content (AvgIpc) is 2.07. The second-order valence-electron chi connectivity index (χ2n) is 2.47. The summed E-state index contributed by atoms with van der Waals surface area (Å²) in [6, 6.07) is 6.26. The van der Waals surface area contributed by atoms with E-state index in [9.17, 15) is 5.11 Å². The molecule has 0 fully saturated rings. The van der Waals surface area contributed by atoms with Crippen LogP contribution in [0.4, 0.5) is 0 Å². The Bertz CT molecular complexity index is 315. The van der Waals surface area contributed by atoms with Gasteiger partial charge in [-0.15, -0.1) is 0 Å². The minimum absolute atomic E-state index is 0.112. The third kappa shape index (κ3) is 1.89. The molecular weight excluding hydrogens is 154 g/mol. The lowest BCUT2D eigenvalue weighted by atomic mass is 10.1. The molecule has 3 nitrogen and oxygen atoms in total. The van der Waals surface area contributed by atoms with Crippen LogP contribution >= 0.6 is 0 Å². The van der Waals surface area contributed by atoms with E-state index in [1.807, 2.05) is 6.07 Å². The van der Waals surface area contributed by atoms with Crippen LogP contribution in [0.2, 0.25) is 0 Å². The van der Waals surface area contributed by atoms with Crippen molar-refractivity contribution in [3.05, 3.63) is 23.8 Å². The summed E-state index contributed by atoms with van der Waals surface area (Å²) in [6.07, 6.45) is 0.813. The van der Waals surface area contributed by atoms with Gasteiger partial charge in [-0.3, -0.25) is 0 Å². The van der Waals surface area contributed by atoms with E-state index in [0.29, 0.717) is 18.4 Å². The van der Waals surface area contributed by atoms with E-state index >= 15 is 0 Å². The molecule has 62 valence electrons. The van der Waals surface area contributed by atoms with Crippen molar-refractivity contribution in [1.82, 2.24) is 0 Å². The standard InChI is InChI=1S/C9H9NO2/c10-5-1-2-7-6-8(11)3-4-9(7)12/h3-4,6,11-12H,1-2H2. The number of rotatable bonds is 2. The van der Waals surface area contributed by atoms with Crippen LogP contribution < -0.4 is 0 Å². The molecule has 0 spiro atoms. The molecule has 0 radical (unpaired) electrons. The van der Waals surface area contributed by atoms with Gasteiger partial charge in [0.25, 0.3) is 0 Å². The number of benzene rings is 1. The van der Waals surface area contributed by atoms with Gasteiger partial charge in [0.2, 0.25) is 0 Å². The SMILES string of the molecule is N#CCCc1cc(O)ccc1O. The van der Waals surface area contributed by atoms with E-state index in [1.165, 1.54) is 18.2 Å². The molecule has 0 bridgehead atoms. The zero-order valence-electron chi connectivity index (χ0n) is 6.49. The van der Waals surface area contributed by atoms with Gasteiger partial charge in [0.05, 0.1) is 6.07 Å². The maximum atomic E-state index is 9.24. The molecule has 0 aromatic heterocycles. The van der Waals surface area contributed by atoms with Crippen molar-refractivity contribution in [1.29, 1.82) is 5.26 Å². The molecule has 0 amide bonds.